The molecule has 16 heavy (non-hydrogen) atoms. The van der Waals surface area contributed by atoms with E-state index in [9.17, 15) is 0 Å². The van der Waals surface area contributed by atoms with E-state index in [1.165, 1.54) is 0 Å². The summed E-state index contributed by atoms with van der Waals surface area (Å²) in [5.41, 5.74) is 7.64. The van der Waals surface area contributed by atoms with Gasteiger partial charge in [0.1, 0.15) is 0 Å². The van der Waals surface area contributed by atoms with Crippen LogP contribution in [0.2, 0.25) is 0 Å². The van der Waals surface area contributed by atoms with Crippen LogP contribution in [0.1, 0.15) is 19.8 Å². The van der Waals surface area contributed by atoms with Gasteiger partial charge in [-0.25, -0.2) is 0 Å². The molecular weight excluding hydrogens is 315 g/mol. The summed E-state index contributed by atoms with van der Waals surface area (Å²) in [5.74, 6) is 0. The minimum Gasteiger partial charge on any atom is -0.399 e. The number of rotatable bonds is 3. The molecule has 3 nitrogen and oxygen atoms in total. The molecule has 3 N–H and O–H groups in total. The summed E-state index contributed by atoms with van der Waals surface area (Å²) in [6, 6.07) is 5.92. The molecule has 1 aromatic carbocycles. The largest absolute Gasteiger partial charge is 0.399 e. The lowest BCUT2D eigenvalue weighted by Crippen LogP contribution is -2.32. The van der Waals surface area contributed by atoms with E-state index in [4.69, 9.17) is 10.5 Å². The summed E-state index contributed by atoms with van der Waals surface area (Å²) in [6.07, 6.45) is 2.29. The second-order valence-electron chi connectivity index (χ2n) is 4.49. The number of ether oxygens (including phenoxy) is 1. The van der Waals surface area contributed by atoms with Gasteiger partial charge in [-0.3, -0.25) is 0 Å². The van der Waals surface area contributed by atoms with Gasteiger partial charge in [-0.2, -0.15) is 0 Å². The van der Waals surface area contributed by atoms with Crippen LogP contribution in [-0.2, 0) is 4.74 Å². The molecule has 1 aliphatic rings. The third kappa shape index (κ3) is 2.79. The summed E-state index contributed by atoms with van der Waals surface area (Å²) < 4.78 is 6.89. The van der Waals surface area contributed by atoms with Crippen molar-refractivity contribution in [3.63, 3.8) is 0 Å². The van der Waals surface area contributed by atoms with Crippen LogP contribution in [-0.4, -0.2) is 18.8 Å². The zero-order valence-electron chi connectivity index (χ0n) is 9.42. The molecule has 0 spiro atoms. The third-order valence-electron chi connectivity index (χ3n) is 2.95. The van der Waals surface area contributed by atoms with E-state index in [0.717, 1.165) is 40.9 Å². The van der Waals surface area contributed by atoms with Gasteiger partial charge in [-0.1, -0.05) is 0 Å². The number of nitrogens with two attached hydrogens (primary N) is 1. The first-order valence-electron chi connectivity index (χ1n) is 5.52. The molecular formula is C12H17IN2O. The van der Waals surface area contributed by atoms with E-state index < -0.39 is 0 Å². The van der Waals surface area contributed by atoms with Gasteiger partial charge in [0.15, 0.2) is 0 Å². The van der Waals surface area contributed by atoms with E-state index in [0.29, 0.717) is 0 Å². The Labute approximate surface area is 110 Å². The Bertz CT molecular complexity index is 375. The molecule has 2 rings (SSSR count). The third-order valence-corrected chi connectivity index (χ3v) is 3.84. The minimum atomic E-state index is -0.00946. The normalized spacial score (nSPS) is 24.6. The SMILES string of the molecule is CC1(CNc2ccc(N)cc2I)CCCO1. The Balaban J connectivity index is 1.99. The molecule has 1 heterocycles. The summed E-state index contributed by atoms with van der Waals surface area (Å²) in [5, 5.41) is 3.43. The standard InChI is InChI=1S/C12H17IN2O/c1-12(5-2-6-16-12)8-15-11-4-3-9(14)7-10(11)13/h3-4,7,15H,2,5-6,8,14H2,1H3. The Hall–Kier alpha value is -0.490. The zero-order chi connectivity index (χ0) is 11.6. The first kappa shape index (κ1) is 12.0. The summed E-state index contributed by atoms with van der Waals surface area (Å²) in [4.78, 5) is 0. The smallest absolute Gasteiger partial charge is 0.0826 e. The molecule has 1 unspecified atom stereocenters. The van der Waals surface area contributed by atoms with E-state index in [1.807, 2.05) is 18.2 Å². The topological polar surface area (TPSA) is 47.3 Å². The van der Waals surface area contributed by atoms with Crippen molar-refractivity contribution in [2.75, 3.05) is 24.2 Å². The van der Waals surface area contributed by atoms with Gasteiger partial charge >= 0.3 is 0 Å². The van der Waals surface area contributed by atoms with Crippen molar-refractivity contribution in [2.24, 2.45) is 0 Å². The quantitative estimate of drug-likeness (QED) is 0.661. The van der Waals surface area contributed by atoms with Crippen LogP contribution in [0, 0.1) is 3.57 Å². The Morgan fingerprint density at radius 2 is 2.38 bits per heavy atom. The van der Waals surface area contributed by atoms with Crippen LogP contribution in [0.3, 0.4) is 0 Å². The van der Waals surface area contributed by atoms with Gasteiger partial charge in [0.05, 0.1) is 5.60 Å². The number of benzene rings is 1. The van der Waals surface area contributed by atoms with E-state index in [1.54, 1.807) is 0 Å². The maximum atomic E-state index is 5.74. The zero-order valence-corrected chi connectivity index (χ0v) is 11.6. The second kappa shape index (κ2) is 4.79. The van der Waals surface area contributed by atoms with Crippen LogP contribution in [0.15, 0.2) is 18.2 Å². The van der Waals surface area contributed by atoms with Crippen LogP contribution in [0.5, 0.6) is 0 Å². The molecule has 1 saturated heterocycles. The van der Waals surface area contributed by atoms with Gasteiger partial charge in [-0.15, -0.1) is 0 Å². The number of hydrogen-bond donors (Lipinski definition) is 2. The van der Waals surface area contributed by atoms with Crippen molar-refractivity contribution in [1.29, 1.82) is 0 Å². The molecule has 4 heteroatoms. The van der Waals surface area contributed by atoms with E-state index in [2.05, 4.69) is 34.8 Å². The highest BCUT2D eigenvalue weighted by molar-refractivity contribution is 14.1. The average molecular weight is 332 g/mol. The van der Waals surface area contributed by atoms with Crippen LogP contribution in [0.25, 0.3) is 0 Å². The maximum absolute atomic E-state index is 5.74. The molecule has 1 aromatic rings. The highest BCUT2D eigenvalue weighted by Crippen LogP contribution is 2.27. The number of nitrogens with one attached hydrogen (secondary N) is 1. The fourth-order valence-electron chi connectivity index (χ4n) is 1.93. The van der Waals surface area contributed by atoms with Crippen molar-refractivity contribution in [2.45, 2.75) is 25.4 Å². The molecule has 1 fully saturated rings. The number of halogens is 1. The first-order valence-corrected chi connectivity index (χ1v) is 6.60. The molecule has 0 amide bonds. The van der Waals surface area contributed by atoms with Gasteiger partial charge in [0.25, 0.3) is 0 Å². The Morgan fingerprint density at radius 3 is 3.00 bits per heavy atom. The molecule has 1 atom stereocenters. The fraction of sp³-hybridized carbons (Fsp3) is 0.500. The molecule has 0 saturated carbocycles. The number of hydrogen-bond acceptors (Lipinski definition) is 3. The number of nitrogen functional groups attached to an aromatic ring is 1. The highest BCUT2D eigenvalue weighted by atomic mass is 127. The molecule has 0 radical (unpaired) electrons. The summed E-state index contributed by atoms with van der Waals surface area (Å²) in [6.45, 7) is 3.90. The van der Waals surface area contributed by atoms with E-state index >= 15 is 0 Å². The van der Waals surface area contributed by atoms with Crippen molar-refractivity contribution in [1.82, 2.24) is 0 Å². The molecule has 1 aliphatic heterocycles. The monoisotopic (exact) mass is 332 g/mol. The Morgan fingerprint density at radius 1 is 1.56 bits per heavy atom. The van der Waals surface area contributed by atoms with Crippen molar-refractivity contribution < 1.29 is 4.74 Å². The maximum Gasteiger partial charge on any atom is 0.0826 e. The molecule has 0 aliphatic carbocycles. The van der Waals surface area contributed by atoms with Gasteiger partial charge in [0.2, 0.25) is 0 Å². The Kier molecular flexibility index (Phi) is 3.59. The first-order chi connectivity index (χ1) is 7.59. The van der Waals surface area contributed by atoms with Crippen molar-refractivity contribution >= 4 is 34.0 Å². The molecule has 0 bridgehead atoms. The number of anilines is 2. The molecule has 0 aromatic heterocycles. The lowest BCUT2D eigenvalue weighted by Gasteiger charge is -2.24. The van der Waals surface area contributed by atoms with Crippen LogP contribution in [0.4, 0.5) is 11.4 Å². The van der Waals surface area contributed by atoms with Gasteiger partial charge in [0, 0.05) is 28.1 Å². The van der Waals surface area contributed by atoms with E-state index in [-0.39, 0.29) is 5.60 Å². The predicted molar refractivity (Wildman–Crippen MR) is 75.7 cm³/mol. The fourth-order valence-corrected chi connectivity index (χ4v) is 2.66. The van der Waals surface area contributed by atoms with Gasteiger partial charge in [-0.05, 0) is 60.6 Å². The lowest BCUT2D eigenvalue weighted by molar-refractivity contribution is 0.0315. The summed E-state index contributed by atoms with van der Waals surface area (Å²) >= 11 is 2.29. The highest BCUT2D eigenvalue weighted by Gasteiger charge is 2.29. The second-order valence-corrected chi connectivity index (χ2v) is 5.66. The van der Waals surface area contributed by atoms with Crippen molar-refractivity contribution in [3.8, 4) is 0 Å². The van der Waals surface area contributed by atoms with Crippen LogP contribution < -0.4 is 11.1 Å². The lowest BCUT2D eigenvalue weighted by atomic mass is 10.0. The van der Waals surface area contributed by atoms with Crippen LogP contribution >= 0.6 is 22.6 Å². The molecule has 88 valence electrons. The predicted octanol–water partition coefficient (Wildman–Crippen LogP) is 2.85. The summed E-state index contributed by atoms with van der Waals surface area (Å²) in [7, 11) is 0. The average Bonchev–Trinajstić information content (AvgIpc) is 2.64. The van der Waals surface area contributed by atoms with Crippen molar-refractivity contribution in [3.05, 3.63) is 21.8 Å². The minimum absolute atomic E-state index is 0.00946. The van der Waals surface area contributed by atoms with Gasteiger partial charge < -0.3 is 15.8 Å².